The fraction of sp³-hybridized carbons (Fsp3) is 0.923. The summed E-state index contributed by atoms with van der Waals surface area (Å²) in [5.74, 6) is 0.762. The summed E-state index contributed by atoms with van der Waals surface area (Å²) < 4.78 is 0. The van der Waals surface area contributed by atoms with Gasteiger partial charge in [0.2, 0.25) is 5.91 Å². The van der Waals surface area contributed by atoms with Crippen molar-refractivity contribution in [3.8, 4) is 0 Å². The highest BCUT2D eigenvalue weighted by molar-refractivity contribution is 5.76. The Morgan fingerprint density at radius 2 is 2.29 bits per heavy atom. The van der Waals surface area contributed by atoms with Crippen molar-refractivity contribution >= 4 is 5.91 Å². The lowest BCUT2D eigenvalue weighted by Gasteiger charge is -2.30. The smallest absolute Gasteiger partial charge is 0.222 e. The molecule has 0 aliphatic carbocycles. The molecule has 100 valence electrons. The predicted octanol–water partition coefficient (Wildman–Crippen LogP) is 1.12. The van der Waals surface area contributed by atoms with Crippen LogP contribution in [-0.4, -0.2) is 41.7 Å². The van der Waals surface area contributed by atoms with Gasteiger partial charge in [0.1, 0.15) is 0 Å². The molecule has 3 N–H and O–H groups in total. The fourth-order valence-corrected chi connectivity index (χ4v) is 2.46. The molecule has 0 bridgehead atoms. The van der Waals surface area contributed by atoms with Crippen molar-refractivity contribution in [2.75, 3.05) is 19.6 Å². The molecule has 1 unspecified atom stereocenters. The van der Waals surface area contributed by atoms with Gasteiger partial charge < -0.3 is 15.7 Å². The van der Waals surface area contributed by atoms with E-state index in [0.29, 0.717) is 25.4 Å². The third-order valence-electron chi connectivity index (χ3n) is 3.67. The topological polar surface area (TPSA) is 66.6 Å². The van der Waals surface area contributed by atoms with Gasteiger partial charge in [-0.05, 0) is 38.1 Å². The number of hydrogen-bond acceptors (Lipinski definition) is 3. The van der Waals surface area contributed by atoms with E-state index in [0.717, 1.165) is 38.6 Å². The van der Waals surface area contributed by atoms with Gasteiger partial charge in [-0.15, -0.1) is 0 Å². The van der Waals surface area contributed by atoms with Crippen LogP contribution < -0.4 is 5.73 Å². The van der Waals surface area contributed by atoms with Gasteiger partial charge in [-0.3, -0.25) is 4.79 Å². The number of amides is 1. The number of β-amino-alcohol motifs (C(OH)–C–C–N with tert-alkyl or cyclic N) is 1. The van der Waals surface area contributed by atoms with Crippen LogP contribution in [0.5, 0.6) is 0 Å². The van der Waals surface area contributed by atoms with E-state index in [2.05, 4.69) is 6.92 Å². The first kappa shape index (κ1) is 14.5. The lowest BCUT2D eigenvalue weighted by molar-refractivity contribution is -0.134. The van der Waals surface area contributed by atoms with Crippen LogP contribution in [0.1, 0.15) is 45.4 Å². The zero-order valence-corrected chi connectivity index (χ0v) is 10.9. The number of nitrogens with zero attached hydrogens (tertiary/aromatic N) is 1. The standard InChI is InChI=1S/C13H26N2O2/c1-2-11(7-8-14)5-6-13(17)15-9-3-4-12(16)10-15/h11-12,16H,2-10,14H2,1H3/t11?,12-/m0/s1. The molecule has 0 aromatic carbocycles. The van der Waals surface area contributed by atoms with Crippen LogP contribution in [0.3, 0.4) is 0 Å². The first-order valence-electron chi connectivity index (χ1n) is 6.83. The molecule has 1 aliphatic rings. The molecule has 1 aliphatic heterocycles. The van der Waals surface area contributed by atoms with Gasteiger partial charge in [-0.1, -0.05) is 13.3 Å². The minimum absolute atomic E-state index is 0.194. The van der Waals surface area contributed by atoms with Crippen molar-refractivity contribution in [2.24, 2.45) is 11.7 Å². The molecule has 17 heavy (non-hydrogen) atoms. The highest BCUT2D eigenvalue weighted by Gasteiger charge is 2.22. The van der Waals surface area contributed by atoms with Crippen molar-refractivity contribution in [3.05, 3.63) is 0 Å². The van der Waals surface area contributed by atoms with Crippen molar-refractivity contribution < 1.29 is 9.90 Å². The van der Waals surface area contributed by atoms with Crippen molar-refractivity contribution in [1.29, 1.82) is 0 Å². The average Bonchev–Trinajstić information content (AvgIpc) is 2.34. The maximum absolute atomic E-state index is 12.0. The number of aliphatic hydroxyl groups excluding tert-OH is 1. The third-order valence-corrected chi connectivity index (χ3v) is 3.67. The number of aliphatic hydroxyl groups is 1. The molecule has 0 saturated carbocycles. The van der Waals surface area contributed by atoms with Crippen LogP contribution in [0, 0.1) is 5.92 Å². The van der Waals surface area contributed by atoms with E-state index in [1.165, 1.54) is 0 Å². The van der Waals surface area contributed by atoms with Gasteiger partial charge in [0.15, 0.2) is 0 Å². The summed E-state index contributed by atoms with van der Waals surface area (Å²) in [6.07, 6.45) is 5.06. The fourth-order valence-electron chi connectivity index (χ4n) is 2.46. The molecule has 0 aromatic heterocycles. The highest BCUT2D eigenvalue weighted by atomic mass is 16.3. The molecule has 4 heteroatoms. The average molecular weight is 242 g/mol. The summed E-state index contributed by atoms with van der Waals surface area (Å²) >= 11 is 0. The molecule has 1 rings (SSSR count). The summed E-state index contributed by atoms with van der Waals surface area (Å²) in [6, 6.07) is 0. The Bertz CT molecular complexity index is 233. The summed E-state index contributed by atoms with van der Waals surface area (Å²) in [5, 5.41) is 9.53. The largest absolute Gasteiger partial charge is 0.391 e. The van der Waals surface area contributed by atoms with Gasteiger partial charge in [0.25, 0.3) is 0 Å². The highest BCUT2D eigenvalue weighted by Crippen LogP contribution is 2.17. The monoisotopic (exact) mass is 242 g/mol. The normalized spacial score (nSPS) is 22.5. The first-order valence-corrected chi connectivity index (χ1v) is 6.83. The van der Waals surface area contributed by atoms with Gasteiger partial charge in [-0.25, -0.2) is 0 Å². The summed E-state index contributed by atoms with van der Waals surface area (Å²) in [7, 11) is 0. The Balaban J connectivity index is 2.28. The van der Waals surface area contributed by atoms with E-state index in [-0.39, 0.29) is 12.0 Å². The Hall–Kier alpha value is -0.610. The quantitative estimate of drug-likeness (QED) is 0.733. The minimum Gasteiger partial charge on any atom is -0.391 e. The van der Waals surface area contributed by atoms with E-state index >= 15 is 0 Å². The number of likely N-dealkylation sites (tertiary alicyclic amines) is 1. The molecule has 0 aromatic rings. The SMILES string of the molecule is CCC(CCN)CCC(=O)N1CCC[C@H](O)C1. The molecule has 1 heterocycles. The van der Waals surface area contributed by atoms with Crippen LogP contribution >= 0.6 is 0 Å². The van der Waals surface area contributed by atoms with E-state index < -0.39 is 0 Å². The summed E-state index contributed by atoms with van der Waals surface area (Å²) in [5.41, 5.74) is 5.54. The Kier molecular flexibility index (Phi) is 6.52. The van der Waals surface area contributed by atoms with Gasteiger partial charge in [0.05, 0.1) is 6.10 Å². The van der Waals surface area contributed by atoms with E-state index in [1.54, 1.807) is 0 Å². The lowest BCUT2D eigenvalue weighted by atomic mass is 9.96. The Morgan fingerprint density at radius 1 is 1.53 bits per heavy atom. The second-order valence-electron chi connectivity index (χ2n) is 5.03. The minimum atomic E-state index is -0.321. The van der Waals surface area contributed by atoms with E-state index in [9.17, 15) is 9.90 Å². The van der Waals surface area contributed by atoms with Crippen LogP contribution in [0.2, 0.25) is 0 Å². The van der Waals surface area contributed by atoms with Crippen LogP contribution in [-0.2, 0) is 4.79 Å². The molecular weight excluding hydrogens is 216 g/mol. The summed E-state index contributed by atoms with van der Waals surface area (Å²) in [4.78, 5) is 13.8. The maximum atomic E-state index is 12.0. The second-order valence-corrected chi connectivity index (χ2v) is 5.03. The number of rotatable bonds is 6. The molecule has 1 amide bonds. The zero-order chi connectivity index (χ0) is 12.7. The van der Waals surface area contributed by atoms with Crippen molar-refractivity contribution in [1.82, 2.24) is 4.90 Å². The number of piperidine rings is 1. The molecule has 2 atom stereocenters. The van der Waals surface area contributed by atoms with E-state index in [1.807, 2.05) is 4.90 Å². The van der Waals surface area contributed by atoms with Gasteiger partial charge >= 0.3 is 0 Å². The summed E-state index contributed by atoms with van der Waals surface area (Å²) in [6.45, 7) is 4.18. The molecule has 4 nitrogen and oxygen atoms in total. The molecule has 1 saturated heterocycles. The molecule has 1 fully saturated rings. The Morgan fingerprint density at radius 3 is 2.88 bits per heavy atom. The molecule has 0 spiro atoms. The van der Waals surface area contributed by atoms with Crippen molar-refractivity contribution in [2.45, 2.75) is 51.6 Å². The zero-order valence-electron chi connectivity index (χ0n) is 10.9. The Labute approximate surface area is 104 Å². The number of nitrogens with two attached hydrogens (primary N) is 1. The number of carbonyl (C=O) groups excluding carboxylic acids is 1. The first-order chi connectivity index (χ1) is 8.17. The van der Waals surface area contributed by atoms with Gasteiger partial charge in [0, 0.05) is 19.5 Å². The lowest BCUT2D eigenvalue weighted by Crippen LogP contribution is -2.42. The second kappa shape index (κ2) is 7.67. The molecular formula is C13H26N2O2. The molecule has 0 radical (unpaired) electrons. The maximum Gasteiger partial charge on any atom is 0.222 e. The van der Waals surface area contributed by atoms with Gasteiger partial charge in [-0.2, -0.15) is 0 Å². The predicted molar refractivity (Wildman–Crippen MR) is 68.5 cm³/mol. The number of carbonyl (C=O) groups is 1. The van der Waals surface area contributed by atoms with Crippen molar-refractivity contribution in [3.63, 3.8) is 0 Å². The van der Waals surface area contributed by atoms with Crippen LogP contribution in [0.15, 0.2) is 0 Å². The van der Waals surface area contributed by atoms with Crippen LogP contribution in [0.4, 0.5) is 0 Å². The van der Waals surface area contributed by atoms with E-state index in [4.69, 9.17) is 5.73 Å². The third kappa shape index (κ3) is 5.04. The van der Waals surface area contributed by atoms with Crippen LogP contribution in [0.25, 0.3) is 0 Å². The number of hydrogen-bond donors (Lipinski definition) is 2.